The van der Waals surface area contributed by atoms with Crippen LogP contribution in [-0.4, -0.2) is 5.54 Å². The zero-order valence-corrected chi connectivity index (χ0v) is 8.66. The molecule has 0 bridgehead atoms. The third kappa shape index (κ3) is 3.88. The van der Waals surface area contributed by atoms with Gasteiger partial charge in [0.15, 0.2) is 0 Å². The van der Waals surface area contributed by atoms with Crippen LogP contribution in [0.5, 0.6) is 0 Å². The van der Waals surface area contributed by atoms with Gasteiger partial charge < -0.3 is 5.73 Å². The summed E-state index contributed by atoms with van der Waals surface area (Å²) in [6.45, 7) is 4.17. The first-order chi connectivity index (χ1) is 5.58. The Bertz CT molecular complexity index is 208. The van der Waals surface area contributed by atoms with Crippen LogP contribution >= 0.6 is 11.3 Å². The van der Waals surface area contributed by atoms with Gasteiger partial charge in [0.05, 0.1) is 0 Å². The van der Waals surface area contributed by atoms with Crippen molar-refractivity contribution in [2.75, 3.05) is 0 Å². The molecule has 12 heavy (non-hydrogen) atoms. The van der Waals surface area contributed by atoms with E-state index < -0.39 is 0 Å². The molecule has 0 saturated carbocycles. The second-order valence-corrected chi connectivity index (χ2v) is 4.75. The van der Waals surface area contributed by atoms with E-state index in [9.17, 15) is 0 Å². The maximum absolute atomic E-state index is 5.88. The summed E-state index contributed by atoms with van der Waals surface area (Å²) in [6.07, 6.45) is 3.47. The van der Waals surface area contributed by atoms with Crippen LogP contribution in [0.15, 0.2) is 16.8 Å². The fraction of sp³-hybridized carbons (Fsp3) is 0.600. The second kappa shape index (κ2) is 4.06. The van der Waals surface area contributed by atoms with Crippen molar-refractivity contribution in [1.29, 1.82) is 0 Å². The Hall–Kier alpha value is -0.340. The topological polar surface area (TPSA) is 26.0 Å². The average Bonchev–Trinajstić information content (AvgIpc) is 2.36. The Morgan fingerprint density at radius 1 is 1.50 bits per heavy atom. The van der Waals surface area contributed by atoms with Crippen LogP contribution in [0.25, 0.3) is 0 Å². The molecular formula is C10H17NS. The molecule has 0 amide bonds. The maximum Gasteiger partial charge on any atom is 0.00971 e. The molecule has 0 aromatic carbocycles. The van der Waals surface area contributed by atoms with Gasteiger partial charge in [-0.25, -0.2) is 0 Å². The first-order valence-corrected chi connectivity index (χ1v) is 5.32. The SMILES string of the molecule is CC(C)(N)CCCc1ccsc1. The Morgan fingerprint density at radius 3 is 2.75 bits per heavy atom. The lowest BCUT2D eigenvalue weighted by atomic mass is 9.98. The lowest BCUT2D eigenvalue weighted by Crippen LogP contribution is -2.31. The molecule has 1 heterocycles. The van der Waals surface area contributed by atoms with Gasteiger partial charge in [-0.05, 0) is 55.5 Å². The predicted molar refractivity (Wildman–Crippen MR) is 55.5 cm³/mol. The van der Waals surface area contributed by atoms with Gasteiger partial charge in [0.25, 0.3) is 0 Å². The molecule has 0 fully saturated rings. The van der Waals surface area contributed by atoms with Crippen LogP contribution in [0, 0.1) is 0 Å². The number of hydrogen-bond donors (Lipinski definition) is 1. The minimum absolute atomic E-state index is 0.00395. The summed E-state index contributed by atoms with van der Waals surface area (Å²) < 4.78 is 0. The van der Waals surface area contributed by atoms with Crippen LogP contribution in [0.2, 0.25) is 0 Å². The Morgan fingerprint density at radius 2 is 2.25 bits per heavy atom. The van der Waals surface area contributed by atoms with Gasteiger partial charge in [0.1, 0.15) is 0 Å². The molecular weight excluding hydrogens is 166 g/mol. The highest BCUT2D eigenvalue weighted by Gasteiger charge is 2.09. The molecule has 0 radical (unpaired) electrons. The predicted octanol–water partition coefficient (Wildman–Crippen LogP) is 2.81. The van der Waals surface area contributed by atoms with E-state index in [0.717, 1.165) is 6.42 Å². The fourth-order valence-corrected chi connectivity index (χ4v) is 1.89. The van der Waals surface area contributed by atoms with Gasteiger partial charge in [-0.1, -0.05) is 0 Å². The number of thiophene rings is 1. The van der Waals surface area contributed by atoms with Gasteiger partial charge in [0.2, 0.25) is 0 Å². The van der Waals surface area contributed by atoms with Crippen molar-refractivity contribution < 1.29 is 0 Å². The summed E-state index contributed by atoms with van der Waals surface area (Å²) in [5.74, 6) is 0. The van der Waals surface area contributed by atoms with E-state index in [4.69, 9.17) is 5.73 Å². The first-order valence-electron chi connectivity index (χ1n) is 4.38. The minimum Gasteiger partial charge on any atom is -0.326 e. The smallest absolute Gasteiger partial charge is 0.00971 e. The normalized spacial score (nSPS) is 11.9. The third-order valence-corrected chi connectivity index (χ3v) is 2.60. The summed E-state index contributed by atoms with van der Waals surface area (Å²) in [7, 11) is 0. The maximum atomic E-state index is 5.88. The van der Waals surface area contributed by atoms with E-state index in [-0.39, 0.29) is 5.54 Å². The lowest BCUT2D eigenvalue weighted by Gasteiger charge is -2.17. The van der Waals surface area contributed by atoms with Crippen molar-refractivity contribution in [1.82, 2.24) is 0 Å². The molecule has 2 heteroatoms. The van der Waals surface area contributed by atoms with Gasteiger partial charge in [-0.2, -0.15) is 11.3 Å². The standard InChI is InChI=1S/C10H17NS/c1-10(2,11)6-3-4-9-5-7-12-8-9/h5,7-8H,3-4,6,11H2,1-2H3. The molecule has 1 aromatic rings. The summed E-state index contributed by atoms with van der Waals surface area (Å²) in [6, 6.07) is 2.19. The van der Waals surface area contributed by atoms with E-state index in [0.29, 0.717) is 0 Å². The zero-order chi connectivity index (χ0) is 9.03. The van der Waals surface area contributed by atoms with Crippen LogP contribution in [0.3, 0.4) is 0 Å². The summed E-state index contributed by atoms with van der Waals surface area (Å²) in [5, 5.41) is 4.34. The Labute approximate surface area is 78.6 Å². The van der Waals surface area contributed by atoms with Crippen molar-refractivity contribution >= 4 is 11.3 Å². The molecule has 1 rings (SSSR count). The molecule has 1 aromatic heterocycles. The van der Waals surface area contributed by atoms with Crippen molar-refractivity contribution in [2.45, 2.75) is 38.6 Å². The lowest BCUT2D eigenvalue weighted by molar-refractivity contribution is 0.459. The first kappa shape index (κ1) is 9.75. The number of rotatable bonds is 4. The van der Waals surface area contributed by atoms with Gasteiger partial charge >= 0.3 is 0 Å². The number of aryl methyl sites for hydroxylation is 1. The molecule has 0 aliphatic heterocycles. The van der Waals surface area contributed by atoms with Crippen molar-refractivity contribution in [2.24, 2.45) is 5.73 Å². The van der Waals surface area contributed by atoms with E-state index in [1.54, 1.807) is 11.3 Å². The van der Waals surface area contributed by atoms with Crippen LogP contribution in [0.1, 0.15) is 32.3 Å². The summed E-state index contributed by atoms with van der Waals surface area (Å²) in [5.41, 5.74) is 7.32. The van der Waals surface area contributed by atoms with Crippen molar-refractivity contribution in [3.8, 4) is 0 Å². The quantitative estimate of drug-likeness (QED) is 0.763. The highest BCUT2D eigenvalue weighted by atomic mass is 32.1. The highest BCUT2D eigenvalue weighted by Crippen LogP contribution is 2.13. The van der Waals surface area contributed by atoms with Gasteiger partial charge in [-0.15, -0.1) is 0 Å². The fourth-order valence-electron chi connectivity index (χ4n) is 1.18. The molecule has 0 aliphatic rings. The molecule has 0 aliphatic carbocycles. The van der Waals surface area contributed by atoms with Crippen LogP contribution in [0.4, 0.5) is 0 Å². The minimum atomic E-state index is -0.00395. The van der Waals surface area contributed by atoms with Crippen LogP contribution < -0.4 is 5.73 Å². The van der Waals surface area contributed by atoms with Gasteiger partial charge in [-0.3, -0.25) is 0 Å². The molecule has 0 spiro atoms. The van der Waals surface area contributed by atoms with Crippen molar-refractivity contribution in [3.05, 3.63) is 22.4 Å². The Kier molecular flexibility index (Phi) is 3.29. The zero-order valence-electron chi connectivity index (χ0n) is 7.84. The third-order valence-electron chi connectivity index (χ3n) is 1.87. The van der Waals surface area contributed by atoms with Crippen molar-refractivity contribution in [3.63, 3.8) is 0 Å². The van der Waals surface area contributed by atoms with E-state index in [1.165, 1.54) is 18.4 Å². The number of nitrogens with two attached hydrogens (primary N) is 1. The molecule has 0 atom stereocenters. The van der Waals surface area contributed by atoms with E-state index in [2.05, 4.69) is 30.7 Å². The molecule has 2 N–H and O–H groups in total. The Balaban J connectivity index is 2.20. The highest BCUT2D eigenvalue weighted by molar-refractivity contribution is 7.07. The second-order valence-electron chi connectivity index (χ2n) is 3.97. The largest absolute Gasteiger partial charge is 0.326 e. The average molecular weight is 183 g/mol. The molecule has 0 saturated heterocycles. The van der Waals surface area contributed by atoms with E-state index >= 15 is 0 Å². The molecule has 0 unspecified atom stereocenters. The number of hydrogen-bond acceptors (Lipinski definition) is 2. The summed E-state index contributed by atoms with van der Waals surface area (Å²) in [4.78, 5) is 0. The summed E-state index contributed by atoms with van der Waals surface area (Å²) >= 11 is 1.77. The molecule has 68 valence electrons. The van der Waals surface area contributed by atoms with Crippen LogP contribution in [-0.2, 0) is 6.42 Å². The van der Waals surface area contributed by atoms with Gasteiger partial charge in [0, 0.05) is 5.54 Å². The molecule has 1 nitrogen and oxygen atoms in total. The monoisotopic (exact) mass is 183 g/mol. The van der Waals surface area contributed by atoms with E-state index in [1.807, 2.05) is 0 Å².